The molecule has 0 spiro atoms. The molecule has 1 saturated heterocycles. The van der Waals surface area contributed by atoms with Crippen molar-refractivity contribution in [2.75, 3.05) is 26.8 Å². The second-order valence-electron chi connectivity index (χ2n) is 6.05. The van der Waals surface area contributed by atoms with E-state index in [2.05, 4.69) is 15.0 Å². The van der Waals surface area contributed by atoms with Gasteiger partial charge in [0.15, 0.2) is 0 Å². The minimum Gasteiger partial charge on any atom is -0.497 e. The molecular formula is C17H24N4O3. The van der Waals surface area contributed by atoms with Gasteiger partial charge in [0.05, 0.1) is 13.7 Å². The molecule has 2 atom stereocenters. The molecule has 24 heavy (non-hydrogen) atoms. The fourth-order valence-corrected chi connectivity index (χ4v) is 3.07. The van der Waals surface area contributed by atoms with E-state index < -0.39 is 6.10 Å². The van der Waals surface area contributed by atoms with Gasteiger partial charge in [0.25, 0.3) is 0 Å². The van der Waals surface area contributed by atoms with E-state index in [1.165, 1.54) is 0 Å². The maximum Gasteiger partial charge on any atom is 0.137 e. The number of aliphatic hydroxyl groups excluding tert-OH is 1. The first-order valence-electron chi connectivity index (χ1n) is 8.26. The summed E-state index contributed by atoms with van der Waals surface area (Å²) in [5.41, 5.74) is 0. The fraction of sp³-hybridized carbons (Fsp3) is 0.529. The quantitative estimate of drug-likeness (QED) is 0.783. The number of hydrogen-bond donors (Lipinski definition) is 1. The van der Waals surface area contributed by atoms with Crippen LogP contribution in [-0.2, 0) is 6.54 Å². The highest BCUT2D eigenvalue weighted by Gasteiger charge is 2.26. The molecule has 2 unspecified atom stereocenters. The van der Waals surface area contributed by atoms with Gasteiger partial charge in [0.1, 0.15) is 36.9 Å². The van der Waals surface area contributed by atoms with Crippen molar-refractivity contribution in [3.8, 4) is 11.5 Å². The first kappa shape index (κ1) is 16.7. The Morgan fingerprint density at radius 1 is 1.29 bits per heavy atom. The van der Waals surface area contributed by atoms with Crippen molar-refractivity contribution >= 4 is 0 Å². The summed E-state index contributed by atoms with van der Waals surface area (Å²) in [6, 6.07) is 7.76. The van der Waals surface area contributed by atoms with E-state index in [4.69, 9.17) is 9.47 Å². The molecule has 130 valence electrons. The Morgan fingerprint density at radius 2 is 2.08 bits per heavy atom. The van der Waals surface area contributed by atoms with E-state index in [0.29, 0.717) is 12.6 Å². The summed E-state index contributed by atoms with van der Waals surface area (Å²) in [7, 11) is 1.63. The number of aliphatic hydroxyl groups is 1. The summed E-state index contributed by atoms with van der Waals surface area (Å²) in [5.74, 6) is 1.52. The topological polar surface area (TPSA) is 72.6 Å². The summed E-state index contributed by atoms with van der Waals surface area (Å²) in [6.45, 7) is 2.69. The first-order valence-corrected chi connectivity index (χ1v) is 8.26. The van der Waals surface area contributed by atoms with Gasteiger partial charge < -0.3 is 14.6 Å². The van der Waals surface area contributed by atoms with Gasteiger partial charge in [0, 0.05) is 12.6 Å². The van der Waals surface area contributed by atoms with Crippen LogP contribution >= 0.6 is 0 Å². The molecular weight excluding hydrogens is 308 g/mol. The van der Waals surface area contributed by atoms with E-state index in [9.17, 15) is 5.11 Å². The summed E-state index contributed by atoms with van der Waals surface area (Å²) < 4.78 is 12.6. The number of benzene rings is 1. The van der Waals surface area contributed by atoms with E-state index >= 15 is 0 Å². The van der Waals surface area contributed by atoms with E-state index in [1.54, 1.807) is 19.8 Å². The molecule has 1 aliphatic heterocycles. The van der Waals surface area contributed by atoms with Crippen molar-refractivity contribution in [1.29, 1.82) is 0 Å². The molecule has 7 nitrogen and oxygen atoms in total. The van der Waals surface area contributed by atoms with Crippen LogP contribution in [0.15, 0.2) is 36.9 Å². The van der Waals surface area contributed by atoms with Crippen molar-refractivity contribution in [2.24, 2.45) is 0 Å². The molecule has 2 aromatic rings. The third kappa shape index (κ3) is 4.46. The van der Waals surface area contributed by atoms with Gasteiger partial charge in [-0.05, 0) is 43.7 Å². The molecule has 0 amide bonds. The Bertz CT molecular complexity index is 603. The monoisotopic (exact) mass is 332 g/mol. The van der Waals surface area contributed by atoms with Crippen LogP contribution in [0.1, 0.15) is 12.8 Å². The lowest BCUT2D eigenvalue weighted by atomic mass is 10.2. The number of methoxy groups -OCH3 is 1. The van der Waals surface area contributed by atoms with Gasteiger partial charge in [-0.15, -0.1) is 0 Å². The lowest BCUT2D eigenvalue weighted by molar-refractivity contribution is 0.0609. The number of likely N-dealkylation sites (tertiary alicyclic amines) is 1. The van der Waals surface area contributed by atoms with Gasteiger partial charge in [-0.1, -0.05) is 0 Å². The normalized spacial score (nSPS) is 19.3. The van der Waals surface area contributed by atoms with Crippen molar-refractivity contribution in [1.82, 2.24) is 19.7 Å². The SMILES string of the molecule is COc1ccc(OCC(O)CN2CCCC2Cn2cncn2)cc1. The number of nitrogens with zero attached hydrogens (tertiary/aromatic N) is 4. The van der Waals surface area contributed by atoms with E-state index in [-0.39, 0.29) is 6.61 Å². The Kier molecular flexibility index (Phi) is 5.66. The maximum atomic E-state index is 10.3. The molecule has 1 aromatic carbocycles. The minimum absolute atomic E-state index is 0.277. The summed E-state index contributed by atoms with van der Waals surface area (Å²) in [6.07, 6.45) is 5.02. The largest absolute Gasteiger partial charge is 0.497 e. The smallest absolute Gasteiger partial charge is 0.137 e. The van der Waals surface area contributed by atoms with Crippen LogP contribution in [0.2, 0.25) is 0 Å². The van der Waals surface area contributed by atoms with Crippen LogP contribution in [0.25, 0.3) is 0 Å². The second kappa shape index (κ2) is 8.12. The number of aromatic nitrogens is 3. The summed E-state index contributed by atoms with van der Waals surface area (Å²) >= 11 is 0. The lowest BCUT2D eigenvalue weighted by Crippen LogP contribution is -2.40. The van der Waals surface area contributed by atoms with Gasteiger partial charge in [0.2, 0.25) is 0 Å². The number of rotatable bonds is 8. The highest BCUT2D eigenvalue weighted by atomic mass is 16.5. The van der Waals surface area contributed by atoms with Gasteiger partial charge in [-0.2, -0.15) is 5.10 Å². The molecule has 0 bridgehead atoms. The molecule has 2 heterocycles. The Morgan fingerprint density at radius 3 is 2.79 bits per heavy atom. The van der Waals surface area contributed by atoms with Gasteiger partial charge in [-0.25, -0.2) is 4.98 Å². The van der Waals surface area contributed by atoms with Crippen molar-refractivity contribution in [3.63, 3.8) is 0 Å². The van der Waals surface area contributed by atoms with Gasteiger partial charge >= 0.3 is 0 Å². The zero-order valence-corrected chi connectivity index (χ0v) is 13.9. The third-order valence-corrected chi connectivity index (χ3v) is 4.31. The summed E-state index contributed by atoms with van der Waals surface area (Å²) in [5, 5.41) is 14.5. The third-order valence-electron chi connectivity index (χ3n) is 4.31. The van der Waals surface area contributed by atoms with E-state index in [0.717, 1.165) is 37.4 Å². The maximum absolute atomic E-state index is 10.3. The molecule has 1 N–H and O–H groups in total. The van der Waals surface area contributed by atoms with Crippen molar-refractivity contribution in [2.45, 2.75) is 31.5 Å². The highest BCUT2D eigenvalue weighted by Crippen LogP contribution is 2.20. The Labute approximate surface area is 141 Å². The Balaban J connectivity index is 1.45. The molecule has 7 heteroatoms. The molecule has 1 aromatic heterocycles. The average molecular weight is 332 g/mol. The predicted molar refractivity (Wildman–Crippen MR) is 89.1 cm³/mol. The molecule has 0 aliphatic carbocycles. The number of ether oxygens (including phenoxy) is 2. The molecule has 0 saturated carbocycles. The van der Waals surface area contributed by atoms with Crippen LogP contribution in [-0.4, -0.2) is 63.7 Å². The van der Waals surface area contributed by atoms with Crippen LogP contribution in [0, 0.1) is 0 Å². The fourth-order valence-electron chi connectivity index (χ4n) is 3.07. The van der Waals surface area contributed by atoms with Crippen LogP contribution < -0.4 is 9.47 Å². The number of hydrogen-bond acceptors (Lipinski definition) is 6. The van der Waals surface area contributed by atoms with Crippen LogP contribution in [0.3, 0.4) is 0 Å². The lowest BCUT2D eigenvalue weighted by Gasteiger charge is -2.26. The van der Waals surface area contributed by atoms with Gasteiger partial charge in [-0.3, -0.25) is 9.58 Å². The first-order chi connectivity index (χ1) is 11.7. The molecule has 0 radical (unpaired) electrons. The van der Waals surface area contributed by atoms with E-state index in [1.807, 2.05) is 28.9 Å². The molecule has 1 fully saturated rings. The number of β-amino-alcohol motifs (C(OH)–C–C–N with tert-alkyl or cyclic N) is 1. The molecule has 1 aliphatic rings. The highest BCUT2D eigenvalue weighted by molar-refractivity contribution is 5.31. The van der Waals surface area contributed by atoms with Crippen LogP contribution in [0.4, 0.5) is 0 Å². The predicted octanol–water partition coefficient (Wildman–Crippen LogP) is 1.19. The van der Waals surface area contributed by atoms with Crippen LogP contribution in [0.5, 0.6) is 11.5 Å². The Hall–Kier alpha value is -2.12. The van der Waals surface area contributed by atoms with Crippen molar-refractivity contribution in [3.05, 3.63) is 36.9 Å². The standard InChI is InChI=1S/C17H24N4O3/c1-23-16-4-6-17(7-5-16)24-11-15(22)10-20-8-2-3-14(20)9-21-13-18-12-19-21/h4-7,12-15,22H,2-3,8-11H2,1H3. The zero-order chi connectivity index (χ0) is 16.8. The minimum atomic E-state index is -0.525. The zero-order valence-electron chi connectivity index (χ0n) is 13.9. The second-order valence-corrected chi connectivity index (χ2v) is 6.05. The summed E-state index contributed by atoms with van der Waals surface area (Å²) in [4.78, 5) is 6.29. The van der Waals surface area contributed by atoms with Crippen molar-refractivity contribution < 1.29 is 14.6 Å². The average Bonchev–Trinajstić information content (AvgIpc) is 3.26. The molecule has 3 rings (SSSR count).